The van der Waals surface area contributed by atoms with E-state index in [9.17, 15) is 22.4 Å². The number of hydrogen-bond donors (Lipinski definition) is 0. The zero-order valence-corrected chi connectivity index (χ0v) is 19.3. The molecule has 4 aromatic rings. The monoisotopic (exact) mass is 494 g/mol. The van der Waals surface area contributed by atoms with Crippen LogP contribution >= 0.6 is 0 Å². The quantitative estimate of drug-likeness (QED) is 0.303. The molecule has 2 heterocycles. The lowest BCUT2D eigenvalue weighted by atomic mass is 9.88. The number of oxazole rings is 1. The molecule has 0 bridgehead atoms. The molecule has 1 aromatic heterocycles. The predicted molar refractivity (Wildman–Crippen MR) is 125 cm³/mol. The number of carbonyl (C=O) groups excluding carboxylic acids is 1. The molecule has 5 rings (SSSR count). The molecular formula is C28H22F4N2O2. The van der Waals surface area contributed by atoms with Crippen LogP contribution in [-0.2, 0) is 23.8 Å². The molecule has 8 heteroatoms. The molecule has 0 spiro atoms. The Labute approximate surface area is 205 Å². The summed E-state index contributed by atoms with van der Waals surface area (Å²) in [4.78, 5) is 19.6. The molecule has 4 nitrogen and oxygen atoms in total. The third-order valence-corrected chi connectivity index (χ3v) is 6.44. The Morgan fingerprint density at radius 3 is 2.56 bits per heavy atom. The molecule has 0 fully saturated rings. The molecule has 184 valence electrons. The number of benzene rings is 3. The van der Waals surface area contributed by atoms with Gasteiger partial charge >= 0.3 is 6.18 Å². The first kappa shape index (κ1) is 23.8. The molecule has 0 saturated heterocycles. The fraction of sp³-hybridized carbons (Fsp3) is 0.214. The third kappa shape index (κ3) is 4.63. The smallest absolute Gasteiger partial charge is 0.416 e. The Hall–Kier alpha value is -3.94. The number of rotatable bonds is 4. The van der Waals surface area contributed by atoms with E-state index in [-0.39, 0.29) is 29.6 Å². The highest BCUT2D eigenvalue weighted by Gasteiger charge is 2.33. The number of aromatic nitrogens is 1. The average Bonchev–Trinajstić information content (AvgIpc) is 3.23. The van der Waals surface area contributed by atoms with Crippen LogP contribution in [0.2, 0.25) is 0 Å². The van der Waals surface area contributed by atoms with Crippen molar-refractivity contribution in [3.8, 4) is 11.5 Å². The number of fused-ring (bicyclic) bond motifs is 1. The number of carbonyl (C=O) groups is 1. The summed E-state index contributed by atoms with van der Waals surface area (Å²) < 4.78 is 58.6. The summed E-state index contributed by atoms with van der Waals surface area (Å²) in [5, 5.41) is 0. The van der Waals surface area contributed by atoms with Gasteiger partial charge < -0.3 is 9.32 Å². The normalized spacial score (nSPS) is 15.6. The fourth-order valence-corrected chi connectivity index (χ4v) is 4.63. The SMILES string of the molecule is Cc1oc(-c2cccc(C(F)(F)F)c2)nc1CC(=O)N1CCc2ccccc2C1c1ccc(F)cc1. The van der Waals surface area contributed by atoms with Crippen molar-refractivity contribution in [1.29, 1.82) is 0 Å². The van der Waals surface area contributed by atoms with Gasteiger partial charge in [-0.1, -0.05) is 42.5 Å². The topological polar surface area (TPSA) is 46.3 Å². The highest BCUT2D eigenvalue weighted by Crippen LogP contribution is 2.36. The minimum Gasteiger partial charge on any atom is -0.441 e. The van der Waals surface area contributed by atoms with E-state index in [1.165, 1.54) is 24.3 Å². The standard InChI is InChI=1S/C28H22F4N2O2/c1-17-24(33-27(36-17)20-6-4-7-21(15-20)28(30,31)32)16-25(35)34-14-13-18-5-2-3-8-23(18)26(34)19-9-11-22(29)12-10-19/h2-12,15,26H,13-14,16H2,1H3. The van der Waals surface area contributed by atoms with Crippen LogP contribution in [-0.4, -0.2) is 22.3 Å². The Morgan fingerprint density at radius 1 is 1.06 bits per heavy atom. The molecule has 1 aliphatic heterocycles. The van der Waals surface area contributed by atoms with Crippen LogP contribution in [0.25, 0.3) is 11.5 Å². The van der Waals surface area contributed by atoms with Crippen molar-refractivity contribution >= 4 is 5.91 Å². The number of alkyl halides is 3. The van der Waals surface area contributed by atoms with E-state index in [0.717, 1.165) is 28.8 Å². The molecule has 0 N–H and O–H groups in total. The molecule has 1 amide bonds. The molecule has 0 saturated carbocycles. The predicted octanol–water partition coefficient (Wildman–Crippen LogP) is 6.52. The van der Waals surface area contributed by atoms with Crippen LogP contribution in [0.5, 0.6) is 0 Å². The van der Waals surface area contributed by atoms with Crippen molar-refractivity contribution in [2.45, 2.75) is 32.0 Å². The second-order valence-corrected chi connectivity index (χ2v) is 8.77. The van der Waals surface area contributed by atoms with E-state index in [4.69, 9.17) is 4.42 Å². The van der Waals surface area contributed by atoms with Crippen LogP contribution in [0.1, 0.15) is 39.7 Å². The molecule has 1 unspecified atom stereocenters. The highest BCUT2D eigenvalue weighted by molar-refractivity contribution is 5.80. The summed E-state index contributed by atoms with van der Waals surface area (Å²) >= 11 is 0. The second-order valence-electron chi connectivity index (χ2n) is 8.77. The Morgan fingerprint density at radius 2 is 1.81 bits per heavy atom. The van der Waals surface area contributed by atoms with Gasteiger partial charge in [0.15, 0.2) is 0 Å². The molecule has 1 atom stereocenters. The van der Waals surface area contributed by atoms with Crippen LogP contribution in [0.3, 0.4) is 0 Å². The van der Waals surface area contributed by atoms with Crippen molar-refractivity contribution in [1.82, 2.24) is 9.88 Å². The van der Waals surface area contributed by atoms with Gasteiger partial charge in [-0.3, -0.25) is 4.79 Å². The maximum absolute atomic E-state index is 13.6. The summed E-state index contributed by atoms with van der Waals surface area (Å²) in [5.74, 6) is -0.168. The largest absolute Gasteiger partial charge is 0.441 e. The first-order valence-electron chi connectivity index (χ1n) is 11.5. The van der Waals surface area contributed by atoms with Crippen molar-refractivity contribution in [2.75, 3.05) is 6.54 Å². The molecule has 1 aliphatic rings. The van der Waals surface area contributed by atoms with Crippen LogP contribution < -0.4 is 0 Å². The van der Waals surface area contributed by atoms with Crippen LogP contribution in [0.4, 0.5) is 17.6 Å². The van der Waals surface area contributed by atoms with Crippen molar-refractivity contribution in [2.24, 2.45) is 0 Å². The fourth-order valence-electron chi connectivity index (χ4n) is 4.63. The van der Waals surface area contributed by atoms with Gasteiger partial charge in [-0.05, 0) is 60.4 Å². The maximum Gasteiger partial charge on any atom is 0.416 e. The number of halogens is 4. The first-order valence-corrected chi connectivity index (χ1v) is 11.5. The van der Waals surface area contributed by atoms with E-state index in [1.807, 2.05) is 24.3 Å². The molecule has 0 aliphatic carbocycles. The highest BCUT2D eigenvalue weighted by atomic mass is 19.4. The van der Waals surface area contributed by atoms with Crippen LogP contribution in [0, 0.1) is 12.7 Å². The first-order chi connectivity index (χ1) is 17.2. The van der Waals surface area contributed by atoms with E-state index < -0.39 is 17.8 Å². The zero-order valence-electron chi connectivity index (χ0n) is 19.3. The van der Waals surface area contributed by atoms with Gasteiger partial charge in [0, 0.05) is 12.1 Å². The van der Waals surface area contributed by atoms with Gasteiger partial charge in [0.2, 0.25) is 11.8 Å². The summed E-state index contributed by atoms with van der Waals surface area (Å²) in [5.41, 5.74) is 2.64. The lowest BCUT2D eigenvalue weighted by Gasteiger charge is -2.38. The summed E-state index contributed by atoms with van der Waals surface area (Å²) in [6.45, 7) is 2.10. The maximum atomic E-state index is 13.6. The van der Waals surface area contributed by atoms with Crippen molar-refractivity contribution in [3.63, 3.8) is 0 Å². The van der Waals surface area contributed by atoms with Gasteiger partial charge in [0.25, 0.3) is 0 Å². The van der Waals surface area contributed by atoms with Gasteiger partial charge in [-0.25, -0.2) is 9.37 Å². The van der Waals surface area contributed by atoms with Crippen molar-refractivity contribution < 1.29 is 26.8 Å². The van der Waals surface area contributed by atoms with Gasteiger partial charge in [0.05, 0.1) is 23.7 Å². The summed E-state index contributed by atoms with van der Waals surface area (Å²) in [6.07, 6.45) is -3.89. The molecule has 0 radical (unpaired) electrons. The van der Waals surface area contributed by atoms with Gasteiger partial charge in [-0.2, -0.15) is 13.2 Å². The van der Waals surface area contributed by atoms with E-state index in [0.29, 0.717) is 24.4 Å². The lowest BCUT2D eigenvalue weighted by Crippen LogP contribution is -2.41. The number of hydrogen-bond acceptors (Lipinski definition) is 3. The van der Waals surface area contributed by atoms with E-state index in [2.05, 4.69) is 4.98 Å². The minimum absolute atomic E-state index is 0.0282. The molecule has 36 heavy (non-hydrogen) atoms. The van der Waals surface area contributed by atoms with E-state index in [1.54, 1.807) is 24.0 Å². The average molecular weight is 494 g/mol. The zero-order chi connectivity index (χ0) is 25.4. The Kier molecular flexibility index (Phi) is 6.12. The minimum atomic E-state index is -4.49. The van der Waals surface area contributed by atoms with E-state index >= 15 is 0 Å². The number of aryl methyl sites for hydroxylation is 1. The van der Waals surface area contributed by atoms with Crippen LogP contribution in [0.15, 0.2) is 77.2 Å². The van der Waals surface area contributed by atoms with Gasteiger partial charge in [0.1, 0.15) is 11.6 Å². The second kappa shape index (κ2) is 9.26. The number of amides is 1. The lowest BCUT2D eigenvalue weighted by molar-refractivity contribution is -0.137. The number of nitrogens with zero attached hydrogens (tertiary/aromatic N) is 2. The van der Waals surface area contributed by atoms with Crippen molar-refractivity contribution in [3.05, 3.63) is 112 Å². The van der Waals surface area contributed by atoms with Gasteiger partial charge in [-0.15, -0.1) is 0 Å². The summed E-state index contributed by atoms with van der Waals surface area (Å²) in [6, 6.07) is 18.3. The summed E-state index contributed by atoms with van der Waals surface area (Å²) in [7, 11) is 0. The Bertz CT molecular complexity index is 1410. The molecule has 3 aromatic carbocycles. The molecular weight excluding hydrogens is 472 g/mol. The Balaban J connectivity index is 1.44. The third-order valence-electron chi connectivity index (χ3n) is 6.44.